The number of nitrogens with zero attached hydrogens (tertiary/aromatic N) is 1. The number of fused-ring (bicyclic) bond motifs is 1. The highest BCUT2D eigenvalue weighted by molar-refractivity contribution is 5.76. The van der Waals surface area contributed by atoms with Gasteiger partial charge in [-0.25, -0.2) is 0 Å². The van der Waals surface area contributed by atoms with E-state index in [-0.39, 0.29) is 12.0 Å². The number of piperidine rings is 1. The molecule has 31 heavy (non-hydrogen) atoms. The maximum absolute atomic E-state index is 12.3. The Labute approximate surface area is 189 Å². The number of allylic oxidation sites excluding steroid dienone is 2. The predicted octanol–water partition coefficient (Wildman–Crippen LogP) is 5.39. The van der Waals surface area contributed by atoms with Crippen molar-refractivity contribution in [3.8, 4) is 0 Å². The van der Waals surface area contributed by atoms with Crippen molar-refractivity contribution in [1.29, 1.82) is 0 Å². The molecule has 1 amide bonds. The zero-order chi connectivity index (χ0) is 22.3. The van der Waals surface area contributed by atoms with Crippen LogP contribution in [0, 0.1) is 17.8 Å². The topological polar surface area (TPSA) is 60.8 Å². The van der Waals surface area contributed by atoms with Crippen LogP contribution < -0.4 is 0 Å². The zero-order valence-electron chi connectivity index (χ0n) is 19.9. The van der Waals surface area contributed by atoms with Crippen molar-refractivity contribution >= 4 is 5.91 Å². The van der Waals surface area contributed by atoms with Crippen LogP contribution in [-0.4, -0.2) is 45.8 Å². The minimum Gasteiger partial charge on any atom is -0.392 e. The maximum Gasteiger partial charge on any atom is 0.222 e. The molecular weight excluding hydrogens is 386 g/mol. The highest BCUT2D eigenvalue weighted by atomic mass is 16.3. The van der Waals surface area contributed by atoms with Crippen LogP contribution in [0.25, 0.3) is 0 Å². The summed E-state index contributed by atoms with van der Waals surface area (Å²) in [6, 6.07) is 0. The van der Waals surface area contributed by atoms with Crippen molar-refractivity contribution < 1.29 is 15.0 Å². The molecule has 5 atom stereocenters. The van der Waals surface area contributed by atoms with E-state index in [1.54, 1.807) is 0 Å². The number of aliphatic hydroxyl groups is 2. The van der Waals surface area contributed by atoms with Gasteiger partial charge in [0.2, 0.25) is 5.91 Å². The third-order valence-electron chi connectivity index (χ3n) is 7.78. The Hall–Kier alpha value is -1.13. The summed E-state index contributed by atoms with van der Waals surface area (Å²) in [5, 5.41) is 21.1. The Morgan fingerprint density at radius 1 is 1.23 bits per heavy atom. The van der Waals surface area contributed by atoms with Gasteiger partial charge in [-0.2, -0.15) is 0 Å². The summed E-state index contributed by atoms with van der Waals surface area (Å²) in [5.41, 5.74) is 0.890. The highest BCUT2D eigenvalue weighted by Crippen LogP contribution is 2.48. The van der Waals surface area contributed by atoms with Gasteiger partial charge in [0.25, 0.3) is 0 Å². The van der Waals surface area contributed by atoms with E-state index in [1.165, 1.54) is 24.8 Å². The van der Waals surface area contributed by atoms with Crippen molar-refractivity contribution in [3.63, 3.8) is 0 Å². The fourth-order valence-corrected chi connectivity index (χ4v) is 5.86. The highest BCUT2D eigenvalue weighted by Gasteiger charge is 2.43. The SMILES string of the molecule is CCCC[C@](C)(O)C/C=C/[C@@H]1[C@H]2CC(CCCCC(=O)N3CCCCC3)=C[C@H]2C[C@H]1O. The van der Waals surface area contributed by atoms with E-state index < -0.39 is 5.60 Å². The maximum atomic E-state index is 12.3. The molecule has 4 heteroatoms. The van der Waals surface area contributed by atoms with E-state index in [0.29, 0.717) is 30.6 Å². The zero-order valence-corrected chi connectivity index (χ0v) is 19.9. The average Bonchev–Trinajstić information content (AvgIpc) is 3.27. The van der Waals surface area contributed by atoms with Gasteiger partial charge in [0.05, 0.1) is 11.7 Å². The summed E-state index contributed by atoms with van der Waals surface area (Å²) in [6.07, 6.45) is 19.5. The van der Waals surface area contributed by atoms with Crippen LogP contribution in [0.2, 0.25) is 0 Å². The predicted molar refractivity (Wildman–Crippen MR) is 127 cm³/mol. The number of hydrogen-bond donors (Lipinski definition) is 2. The van der Waals surface area contributed by atoms with Crippen LogP contribution in [-0.2, 0) is 4.79 Å². The molecule has 2 aliphatic carbocycles. The van der Waals surface area contributed by atoms with E-state index in [4.69, 9.17) is 0 Å². The van der Waals surface area contributed by atoms with Crippen LogP contribution in [0.1, 0.15) is 97.3 Å². The van der Waals surface area contributed by atoms with Gasteiger partial charge < -0.3 is 15.1 Å². The van der Waals surface area contributed by atoms with Gasteiger partial charge in [-0.15, -0.1) is 0 Å². The van der Waals surface area contributed by atoms with Gasteiger partial charge in [-0.3, -0.25) is 4.79 Å². The molecule has 0 radical (unpaired) electrons. The molecule has 0 spiro atoms. The smallest absolute Gasteiger partial charge is 0.222 e. The number of carbonyl (C=O) groups excluding carboxylic acids is 1. The second-order valence-electron chi connectivity index (χ2n) is 10.6. The van der Waals surface area contributed by atoms with E-state index >= 15 is 0 Å². The molecular formula is C27H45NO3. The normalized spacial score (nSPS) is 30.5. The van der Waals surface area contributed by atoms with Gasteiger partial charge in [-0.05, 0) is 83.0 Å². The van der Waals surface area contributed by atoms with Gasteiger partial charge in [0, 0.05) is 25.4 Å². The van der Waals surface area contributed by atoms with Gasteiger partial charge >= 0.3 is 0 Å². The molecule has 2 N–H and O–H groups in total. The summed E-state index contributed by atoms with van der Waals surface area (Å²) in [4.78, 5) is 14.4. The molecule has 0 aromatic rings. The van der Waals surface area contributed by atoms with E-state index in [9.17, 15) is 15.0 Å². The first-order valence-corrected chi connectivity index (χ1v) is 12.9. The second kappa shape index (κ2) is 11.7. The molecule has 1 aliphatic heterocycles. The molecule has 1 saturated carbocycles. The fourth-order valence-electron chi connectivity index (χ4n) is 5.86. The number of carbonyl (C=O) groups is 1. The standard InChI is InChI=1S/C27H45NO3/c1-3-4-14-27(2,31)15-10-12-23-24-19-21(18-22(24)20-25(23)29)11-6-7-13-26(30)28-16-8-5-9-17-28/h10,12,18,22-25,29,31H,3-9,11,13-17,19-20H2,1-2H3/b12-10+/t22-,23+,24-,25+,27-/m0/s1. The van der Waals surface area contributed by atoms with Crippen molar-refractivity contribution in [1.82, 2.24) is 4.90 Å². The summed E-state index contributed by atoms with van der Waals surface area (Å²) < 4.78 is 0. The van der Waals surface area contributed by atoms with E-state index in [1.807, 2.05) is 6.92 Å². The van der Waals surface area contributed by atoms with Crippen LogP contribution in [0.4, 0.5) is 0 Å². The second-order valence-corrected chi connectivity index (χ2v) is 10.6. The van der Waals surface area contributed by atoms with Crippen LogP contribution in [0.15, 0.2) is 23.8 Å². The molecule has 0 aromatic heterocycles. The summed E-state index contributed by atoms with van der Waals surface area (Å²) in [7, 11) is 0. The molecule has 0 bridgehead atoms. The number of unbranched alkanes of at least 4 members (excludes halogenated alkanes) is 2. The Morgan fingerprint density at radius 2 is 2.00 bits per heavy atom. The summed E-state index contributed by atoms with van der Waals surface area (Å²) >= 11 is 0. The van der Waals surface area contributed by atoms with Crippen LogP contribution in [0.5, 0.6) is 0 Å². The monoisotopic (exact) mass is 431 g/mol. The van der Waals surface area contributed by atoms with E-state index in [0.717, 1.165) is 64.5 Å². The molecule has 2 fully saturated rings. The molecule has 3 aliphatic rings. The Bertz CT molecular complexity index is 632. The van der Waals surface area contributed by atoms with Crippen molar-refractivity contribution in [2.45, 2.75) is 109 Å². The minimum absolute atomic E-state index is 0.210. The summed E-state index contributed by atoms with van der Waals surface area (Å²) in [5.74, 6) is 1.56. The molecule has 1 saturated heterocycles. The Morgan fingerprint density at radius 3 is 2.74 bits per heavy atom. The quantitative estimate of drug-likeness (QED) is 0.341. The average molecular weight is 432 g/mol. The molecule has 176 valence electrons. The largest absolute Gasteiger partial charge is 0.392 e. The molecule has 4 nitrogen and oxygen atoms in total. The van der Waals surface area contributed by atoms with Gasteiger partial charge in [0.1, 0.15) is 0 Å². The summed E-state index contributed by atoms with van der Waals surface area (Å²) in [6.45, 7) is 5.99. The molecule has 0 aromatic carbocycles. The molecule has 3 rings (SSSR count). The van der Waals surface area contributed by atoms with Crippen molar-refractivity contribution in [2.24, 2.45) is 17.8 Å². The number of hydrogen-bond acceptors (Lipinski definition) is 3. The van der Waals surface area contributed by atoms with E-state index in [2.05, 4.69) is 30.1 Å². The van der Waals surface area contributed by atoms with Crippen LogP contribution in [0.3, 0.4) is 0 Å². The first-order valence-electron chi connectivity index (χ1n) is 12.9. The molecule has 0 unspecified atom stereocenters. The third kappa shape index (κ3) is 7.18. The number of amides is 1. The number of aliphatic hydroxyl groups excluding tert-OH is 1. The van der Waals surface area contributed by atoms with Crippen LogP contribution >= 0.6 is 0 Å². The van der Waals surface area contributed by atoms with Crippen molar-refractivity contribution in [2.75, 3.05) is 13.1 Å². The van der Waals surface area contributed by atoms with Gasteiger partial charge in [-0.1, -0.05) is 43.6 Å². The van der Waals surface area contributed by atoms with Crippen molar-refractivity contribution in [3.05, 3.63) is 23.8 Å². The first-order chi connectivity index (χ1) is 14.9. The Balaban J connectivity index is 1.39. The first kappa shape index (κ1) is 24.5. The lowest BCUT2D eigenvalue weighted by atomic mass is 9.87. The van der Waals surface area contributed by atoms with Gasteiger partial charge in [0.15, 0.2) is 0 Å². The fraction of sp³-hybridized carbons (Fsp3) is 0.815. The number of likely N-dealkylation sites (tertiary alicyclic amines) is 1. The lowest BCUT2D eigenvalue weighted by Gasteiger charge is -2.26. The lowest BCUT2D eigenvalue weighted by molar-refractivity contribution is -0.132. The number of rotatable bonds is 11. The molecule has 1 heterocycles. The third-order valence-corrected chi connectivity index (χ3v) is 7.78. The lowest BCUT2D eigenvalue weighted by Crippen LogP contribution is -2.35. The minimum atomic E-state index is -0.639. The Kier molecular flexibility index (Phi) is 9.21.